The summed E-state index contributed by atoms with van der Waals surface area (Å²) in [7, 11) is -2.77. The third-order valence-electron chi connectivity index (χ3n) is 5.20. The number of anilines is 1. The summed E-state index contributed by atoms with van der Waals surface area (Å²) < 4.78 is 28.9. The molecule has 34 heavy (non-hydrogen) atoms. The minimum atomic E-state index is -4.09. The lowest BCUT2D eigenvalue weighted by atomic mass is 10.0. The quantitative estimate of drug-likeness (QED) is 0.295. The van der Waals surface area contributed by atoms with Gasteiger partial charge in [-0.3, -0.25) is 9.59 Å². The number of sulfonamides is 1. The van der Waals surface area contributed by atoms with Crippen LogP contribution in [0.4, 0.5) is 5.69 Å². The molecule has 0 bridgehead atoms. The van der Waals surface area contributed by atoms with Gasteiger partial charge in [-0.05, 0) is 41.3 Å². The summed E-state index contributed by atoms with van der Waals surface area (Å²) in [5.41, 5.74) is 1.96. The Morgan fingerprint density at radius 2 is 1.94 bits per heavy atom. The molecule has 11 heteroatoms. The van der Waals surface area contributed by atoms with Crippen LogP contribution in [0.2, 0.25) is 0 Å². The predicted molar refractivity (Wildman–Crippen MR) is 131 cm³/mol. The summed E-state index contributed by atoms with van der Waals surface area (Å²) in [4.78, 5) is 29.4. The second-order valence-corrected chi connectivity index (χ2v) is 9.94. The Hall–Kier alpha value is -3.67. The number of H-pyrrole nitrogens is 1. The molecule has 176 valence electrons. The van der Waals surface area contributed by atoms with Crippen LogP contribution in [0, 0.1) is 0 Å². The number of hydrogen-bond donors (Lipinski definition) is 4. The molecule has 1 atom stereocenters. The number of nitrogens with two attached hydrogens (primary N) is 1. The van der Waals surface area contributed by atoms with E-state index >= 15 is 0 Å². The van der Waals surface area contributed by atoms with E-state index in [0.717, 1.165) is 16.5 Å². The second-order valence-electron chi connectivity index (χ2n) is 7.47. The molecule has 0 aliphatic heterocycles. The summed E-state index contributed by atoms with van der Waals surface area (Å²) in [5, 5.41) is 13.5. The van der Waals surface area contributed by atoms with E-state index in [0.29, 0.717) is 4.88 Å². The molecule has 0 saturated heterocycles. The minimum Gasteiger partial charge on any atom is -0.495 e. The SMILES string of the molecule is COc1ccc(NC(=O)[C@@H](Cc2c[nH]c3ccccc23)NC(=O)c2cccs2)cc1S(N)(=O)=O. The Kier molecular flexibility index (Phi) is 6.68. The van der Waals surface area contributed by atoms with E-state index in [1.165, 1.54) is 36.6 Å². The Bertz CT molecular complexity index is 1450. The summed E-state index contributed by atoms with van der Waals surface area (Å²) in [6.07, 6.45) is 2.01. The average Bonchev–Trinajstić information content (AvgIpc) is 3.49. The highest BCUT2D eigenvalue weighted by atomic mass is 32.2. The maximum absolute atomic E-state index is 13.3. The van der Waals surface area contributed by atoms with Gasteiger partial charge >= 0.3 is 0 Å². The molecule has 4 rings (SSSR count). The van der Waals surface area contributed by atoms with Gasteiger partial charge in [0.15, 0.2) is 0 Å². The Morgan fingerprint density at radius 1 is 1.15 bits per heavy atom. The molecular weight excluding hydrogens is 476 g/mol. The van der Waals surface area contributed by atoms with Crippen LogP contribution in [0.5, 0.6) is 5.75 Å². The van der Waals surface area contributed by atoms with Gasteiger partial charge in [-0.1, -0.05) is 24.3 Å². The van der Waals surface area contributed by atoms with Gasteiger partial charge in [-0.15, -0.1) is 11.3 Å². The molecule has 9 nitrogen and oxygen atoms in total. The van der Waals surface area contributed by atoms with Crippen molar-refractivity contribution in [2.45, 2.75) is 17.4 Å². The van der Waals surface area contributed by atoms with Gasteiger partial charge in [0.1, 0.15) is 16.7 Å². The standard InChI is InChI=1S/C23H22N4O5S2/c1-32-19-9-8-15(12-21(19)34(24,30)31)26-22(28)18(27-23(29)20-7-4-10-33-20)11-14-13-25-17-6-3-2-5-16(14)17/h2-10,12-13,18,25H,11H2,1H3,(H,26,28)(H,27,29)(H2,24,30,31)/t18-/m1/s1. The van der Waals surface area contributed by atoms with E-state index in [1.54, 1.807) is 23.7 Å². The van der Waals surface area contributed by atoms with Gasteiger partial charge in [0, 0.05) is 29.2 Å². The van der Waals surface area contributed by atoms with Crippen molar-refractivity contribution in [3.05, 3.63) is 76.6 Å². The van der Waals surface area contributed by atoms with Gasteiger partial charge in [0.2, 0.25) is 15.9 Å². The topological polar surface area (TPSA) is 143 Å². The maximum atomic E-state index is 13.3. The summed E-state index contributed by atoms with van der Waals surface area (Å²) in [5.74, 6) is -0.836. The highest BCUT2D eigenvalue weighted by Gasteiger charge is 2.25. The fourth-order valence-corrected chi connectivity index (χ4v) is 4.92. The lowest BCUT2D eigenvalue weighted by molar-refractivity contribution is -0.118. The van der Waals surface area contributed by atoms with E-state index in [-0.39, 0.29) is 28.7 Å². The van der Waals surface area contributed by atoms with Crippen LogP contribution in [0.1, 0.15) is 15.2 Å². The van der Waals surface area contributed by atoms with E-state index < -0.39 is 22.0 Å². The molecule has 0 fully saturated rings. The van der Waals surface area contributed by atoms with Gasteiger partial charge < -0.3 is 20.4 Å². The van der Waals surface area contributed by atoms with Crippen molar-refractivity contribution in [3.63, 3.8) is 0 Å². The molecule has 2 heterocycles. The molecule has 0 aliphatic carbocycles. The number of para-hydroxylation sites is 1. The number of hydrogen-bond acceptors (Lipinski definition) is 6. The minimum absolute atomic E-state index is 0.0573. The molecule has 0 radical (unpaired) electrons. The maximum Gasteiger partial charge on any atom is 0.262 e. The molecule has 0 saturated carbocycles. The van der Waals surface area contributed by atoms with Gasteiger partial charge in [-0.2, -0.15) is 0 Å². The lowest BCUT2D eigenvalue weighted by Gasteiger charge is -2.19. The zero-order valence-electron chi connectivity index (χ0n) is 18.1. The summed E-state index contributed by atoms with van der Waals surface area (Å²) in [6.45, 7) is 0. The Morgan fingerprint density at radius 3 is 2.65 bits per heavy atom. The number of primary sulfonamides is 1. The van der Waals surface area contributed by atoms with Crippen molar-refractivity contribution >= 4 is 49.8 Å². The predicted octanol–water partition coefficient (Wildman–Crippen LogP) is 2.87. The molecular formula is C23H22N4O5S2. The van der Waals surface area contributed by atoms with Crippen LogP contribution >= 0.6 is 11.3 Å². The number of aromatic nitrogens is 1. The van der Waals surface area contributed by atoms with Crippen molar-refractivity contribution in [2.75, 3.05) is 12.4 Å². The lowest BCUT2D eigenvalue weighted by Crippen LogP contribution is -2.45. The zero-order valence-corrected chi connectivity index (χ0v) is 19.7. The molecule has 0 spiro atoms. The molecule has 0 aliphatic rings. The normalized spacial score (nSPS) is 12.3. The van der Waals surface area contributed by atoms with Crippen LogP contribution in [0.15, 0.2) is 71.1 Å². The van der Waals surface area contributed by atoms with E-state index in [1.807, 2.05) is 24.3 Å². The molecule has 2 aromatic carbocycles. The number of methoxy groups -OCH3 is 1. The van der Waals surface area contributed by atoms with Gasteiger partial charge in [0.05, 0.1) is 12.0 Å². The smallest absolute Gasteiger partial charge is 0.262 e. The largest absolute Gasteiger partial charge is 0.495 e. The van der Waals surface area contributed by atoms with Crippen molar-refractivity contribution in [1.82, 2.24) is 10.3 Å². The molecule has 4 aromatic rings. The van der Waals surface area contributed by atoms with E-state index in [2.05, 4.69) is 15.6 Å². The number of ether oxygens (including phenoxy) is 1. The molecule has 2 aromatic heterocycles. The van der Waals surface area contributed by atoms with Crippen LogP contribution in [-0.2, 0) is 21.2 Å². The zero-order chi connectivity index (χ0) is 24.3. The third-order valence-corrected chi connectivity index (χ3v) is 7.00. The van der Waals surface area contributed by atoms with Crippen molar-refractivity contribution in [3.8, 4) is 5.75 Å². The number of aromatic amines is 1. The number of thiophene rings is 1. The second kappa shape index (κ2) is 9.67. The fraction of sp³-hybridized carbons (Fsp3) is 0.130. The number of benzene rings is 2. The fourth-order valence-electron chi connectivity index (χ4n) is 3.57. The Balaban J connectivity index is 1.63. The number of nitrogens with one attached hydrogen (secondary N) is 3. The number of fused-ring (bicyclic) bond motifs is 1. The van der Waals surface area contributed by atoms with Crippen LogP contribution in [-0.4, -0.2) is 38.4 Å². The first-order valence-electron chi connectivity index (χ1n) is 10.2. The van der Waals surface area contributed by atoms with Crippen LogP contribution in [0.3, 0.4) is 0 Å². The first-order valence-corrected chi connectivity index (χ1v) is 12.6. The molecule has 5 N–H and O–H groups in total. The molecule has 0 unspecified atom stereocenters. The Labute approximate surface area is 200 Å². The van der Waals surface area contributed by atoms with E-state index in [9.17, 15) is 18.0 Å². The van der Waals surface area contributed by atoms with Crippen molar-refractivity contribution in [1.29, 1.82) is 0 Å². The van der Waals surface area contributed by atoms with Crippen molar-refractivity contribution < 1.29 is 22.7 Å². The average molecular weight is 499 g/mol. The van der Waals surface area contributed by atoms with Crippen molar-refractivity contribution in [2.24, 2.45) is 5.14 Å². The number of rotatable bonds is 8. The van der Waals surface area contributed by atoms with Crippen LogP contribution < -0.4 is 20.5 Å². The monoisotopic (exact) mass is 498 g/mol. The summed E-state index contributed by atoms with van der Waals surface area (Å²) >= 11 is 1.26. The van der Waals surface area contributed by atoms with E-state index in [4.69, 9.17) is 9.88 Å². The van der Waals surface area contributed by atoms with Crippen LogP contribution in [0.25, 0.3) is 10.9 Å². The highest BCUT2D eigenvalue weighted by Crippen LogP contribution is 2.26. The number of carbonyl (C=O) groups excluding carboxylic acids is 2. The first-order chi connectivity index (χ1) is 16.3. The highest BCUT2D eigenvalue weighted by molar-refractivity contribution is 7.89. The van der Waals surface area contributed by atoms with Gasteiger partial charge in [0.25, 0.3) is 5.91 Å². The molecule has 2 amide bonds. The number of amides is 2. The van der Waals surface area contributed by atoms with Gasteiger partial charge in [-0.25, -0.2) is 13.6 Å². The first kappa shape index (κ1) is 23.5. The number of carbonyl (C=O) groups is 2. The third kappa shape index (κ3) is 5.11. The summed E-state index contributed by atoms with van der Waals surface area (Å²) in [6, 6.07) is 14.2.